The maximum Gasteiger partial charge on any atom is 0.303 e. The van der Waals surface area contributed by atoms with E-state index >= 15 is 0 Å². The van der Waals surface area contributed by atoms with E-state index in [9.17, 15) is 14.4 Å². The van der Waals surface area contributed by atoms with Crippen molar-refractivity contribution < 1.29 is 19.5 Å². The van der Waals surface area contributed by atoms with Gasteiger partial charge in [0.1, 0.15) is 6.54 Å². The summed E-state index contributed by atoms with van der Waals surface area (Å²) in [4.78, 5) is 34.7. The Morgan fingerprint density at radius 2 is 2.28 bits per heavy atom. The number of nitrogens with zero attached hydrogens (tertiary/aromatic N) is 1. The Hall–Kier alpha value is -1.24. The molecule has 1 atom stereocenters. The fourth-order valence-corrected chi connectivity index (χ4v) is 2.43. The summed E-state index contributed by atoms with van der Waals surface area (Å²) in [6.45, 7) is 2.43. The number of carboxylic acids is 1. The van der Waals surface area contributed by atoms with Gasteiger partial charge in [-0.1, -0.05) is 6.92 Å². The number of thioether (sulfide) groups is 1. The predicted molar refractivity (Wildman–Crippen MR) is 68.1 cm³/mol. The average Bonchev–Trinajstić information content (AvgIpc) is 2.69. The van der Waals surface area contributed by atoms with Crippen LogP contribution in [0.1, 0.15) is 19.8 Å². The molecule has 1 fully saturated rings. The Morgan fingerprint density at radius 3 is 2.83 bits per heavy atom. The Bertz CT molecular complexity index is 335. The van der Waals surface area contributed by atoms with Crippen LogP contribution in [0, 0.1) is 5.92 Å². The minimum absolute atomic E-state index is 0.00549. The van der Waals surface area contributed by atoms with Crippen molar-refractivity contribution in [3.05, 3.63) is 0 Å². The second-order valence-electron chi connectivity index (χ2n) is 4.41. The lowest BCUT2D eigenvalue weighted by atomic mass is 10.1. The second kappa shape index (κ2) is 7.25. The first-order valence-electron chi connectivity index (χ1n) is 5.83. The highest BCUT2D eigenvalue weighted by Gasteiger charge is 2.22. The lowest BCUT2D eigenvalue weighted by molar-refractivity contribution is -0.137. The van der Waals surface area contributed by atoms with E-state index in [0.29, 0.717) is 24.6 Å². The number of amides is 2. The monoisotopic (exact) mass is 274 g/mol. The Kier molecular flexibility index (Phi) is 5.97. The molecule has 0 saturated carbocycles. The van der Waals surface area contributed by atoms with E-state index in [0.717, 1.165) is 0 Å². The van der Waals surface area contributed by atoms with E-state index in [4.69, 9.17) is 5.11 Å². The van der Waals surface area contributed by atoms with Crippen LogP contribution in [0.25, 0.3) is 0 Å². The third kappa shape index (κ3) is 5.39. The standard InChI is InChI=1S/C11H18N2O4S/c1-8(2-3-11(16)17)4-12-9(14)5-13-7-18-6-10(13)15/h8H,2-7H2,1H3,(H,12,14)(H,16,17). The van der Waals surface area contributed by atoms with Crippen molar-refractivity contribution in [2.75, 3.05) is 24.7 Å². The SMILES string of the molecule is CC(CCC(=O)O)CNC(=O)CN1CSCC1=O. The number of carbonyl (C=O) groups is 3. The van der Waals surface area contributed by atoms with E-state index in [1.165, 1.54) is 16.7 Å². The minimum Gasteiger partial charge on any atom is -0.481 e. The molecule has 18 heavy (non-hydrogen) atoms. The lowest BCUT2D eigenvalue weighted by Gasteiger charge is -2.16. The molecular weight excluding hydrogens is 256 g/mol. The van der Waals surface area contributed by atoms with Crippen molar-refractivity contribution in [2.45, 2.75) is 19.8 Å². The second-order valence-corrected chi connectivity index (χ2v) is 5.37. The molecule has 7 heteroatoms. The van der Waals surface area contributed by atoms with E-state index in [1.54, 1.807) is 0 Å². The van der Waals surface area contributed by atoms with Crippen LogP contribution in [0.2, 0.25) is 0 Å². The van der Waals surface area contributed by atoms with Crippen LogP contribution >= 0.6 is 11.8 Å². The molecule has 0 aromatic rings. The zero-order valence-electron chi connectivity index (χ0n) is 10.3. The number of aliphatic carboxylic acids is 1. The Balaban J connectivity index is 2.16. The number of nitrogens with one attached hydrogen (secondary N) is 1. The zero-order valence-corrected chi connectivity index (χ0v) is 11.2. The highest BCUT2D eigenvalue weighted by Crippen LogP contribution is 2.13. The van der Waals surface area contributed by atoms with Crippen LogP contribution in [0.4, 0.5) is 0 Å². The number of hydrogen-bond acceptors (Lipinski definition) is 4. The number of carboxylic acid groups (broad SMARTS) is 1. The molecule has 0 aliphatic carbocycles. The summed E-state index contributed by atoms with van der Waals surface area (Å²) in [5.74, 6) is 0.118. The molecule has 1 unspecified atom stereocenters. The normalized spacial score (nSPS) is 16.7. The Labute approximate surface area is 110 Å². The van der Waals surface area contributed by atoms with E-state index in [1.807, 2.05) is 6.92 Å². The van der Waals surface area contributed by atoms with Gasteiger partial charge in [0.2, 0.25) is 11.8 Å². The maximum absolute atomic E-state index is 11.6. The quantitative estimate of drug-likeness (QED) is 0.689. The van der Waals surface area contributed by atoms with Crippen molar-refractivity contribution in [2.24, 2.45) is 5.92 Å². The molecule has 102 valence electrons. The van der Waals surface area contributed by atoms with Gasteiger partial charge in [0.05, 0.1) is 11.6 Å². The van der Waals surface area contributed by atoms with Gasteiger partial charge in [-0.2, -0.15) is 0 Å². The third-order valence-corrected chi connectivity index (χ3v) is 3.60. The van der Waals surface area contributed by atoms with Crippen LogP contribution < -0.4 is 5.32 Å². The van der Waals surface area contributed by atoms with E-state index < -0.39 is 5.97 Å². The van der Waals surface area contributed by atoms with Gasteiger partial charge in [0.15, 0.2) is 0 Å². The Morgan fingerprint density at radius 1 is 1.56 bits per heavy atom. The molecule has 1 rings (SSSR count). The number of rotatable bonds is 7. The largest absolute Gasteiger partial charge is 0.481 e. The van der Waals surface area contributed by atoms with Crippen molar-refractivity contribution in [3.8, 4) is 0 Å². The van der Waals surface area contributed by atoms with Gasteiger partial charge in [-0.25, -0.2) is 0 Å². The van der Waals surface area contributed by atoms with E-state index in [-0.39, 0.29) is 30.7 Å². The molecule has 0 radical (unpaired) electrons. The van der Waals surface area contributed by atoms with E-state index in [2.05, 4.69) is 5.32 Å². The van der Waals surface area contributed by atoms with Crippen molar-refractivity contribution in [3.63, 3.8) is 0 Å². The summed E-state index contributed by atoms with van der Waals surface area (Å²) in [6, 6.07) is 0. The summed E-state index contributed by atoms with van der Waals surface area (Å²) in [6.07, 6.45) is 0.645. The average molecular weight is 274 g/mol. The highest BCUT2D eigenvalue weighted by atomic mass is 32.2. The molecule has 1 saturated heterocycles. The first-order chi connectivity index (χ1) is 8.49. The van der Waals surface area contributed by atoms with Gasteiger partial charge < -0.3 is 15.3 Å². The van der Waals surface area contributed by atoms with Gasteiger partial charge >= 0.3 is 5.97 Å². The number of carbonyl (C=O) groups excluding carboxylic acids is 2. The maximum atomic E-state index is 11.6. The molecule has 1 aliphatic heterocycles. The van der Waals surface area contributed by atoms with Crippen molar-refractivity contribution in [1.82, 2.24) is 10.2 Å². The van der Waals surface area contributed by atoms with Gasteiger partial charge in [-0.05, 0) is 12.3 Å². The smallest absolute Gasteiger partial charge is 0.303 e. The molecular formula is C11H18N2O4S. The molecule has 0 bridgehead atoms. The van der Waals surface area contributed by atoms with Crippen LogP contribution in [-0.2, 0) is 14.4 Å². The molecule has 0 aromatic carbocycles. The zero-order chi connectivity index (χ0) is 13.5. The molecule has 1 aliphatic rings. The van der Waals surface area contributed by atoms with Gasteiger partial charge in [0, 0.05) is 13.0 Å². The summed E-state index contributed by atoms with van der Waals surface area (Å²) >= 11 is 1.50. The number of hydrogen-bond donors (Lipinski definition) is 2. The van der Waals surface area contributed by atoms with Crippen LogP contribution in [0.5, 0.6) is 0 Å². The summed E-state index contributed by atoms with van der Waals surface area (Å²) < 4.78 is 0. The molecule has 0 spiro atoms. The molecule has 0 aromatic heterocycles. The fraction of sp³-hybridized carbons (Fsp3) is 0.727. The van der Waals surface area contributed by atoms with Crippen molar-refractivity contribution >= 4 is 29.5 Å². The minimum atomic E-state index is -0.826. The topological polar surface area (TPSA) is 86.7 Å². The fourth-order valence-electron chi connectivity index (χ4n) is 1.53. The third-order valence-electron chi connectivity index (χ3n) is 2.66. The van der Waals surface area contributed by atoms with Crippen LogP contribution in [0.15, 0.2) is 0 Å². The van der Waals surface area contributed by atoms with Gasteiger partial charge in [-0.3, -0.25) is 14.4 Å². The van der Waals surface area contributed by atoms with Gasteiger partial charge in [-0.15, -0.1) is 11.8 Å². The lowest BCUT2D eigenvalue weighted by Crippen LogP contribution is -2.39. The van der Waals surface area contributed by atoms with Gasteiger partial charge in [0.25, 0.3) is 0 Å². The van der Waals surface area contributed by atoms with Crippen LogP contribution in [-0.4, -0.2) is 52.5 Å². The van der Waals surface area contributed by atoms with Crippen LogP contribution in [0.3, 0.4) is 0 Å². The first-order valence-corrected chi connectivity index (χ1v) is 6.98. The molecule has 1 heterocycles. The molecule has 2 amide bonds. The van der Waals surface area contributed by atoms with Crippen molar-refractivity contribution in [1.29, 1.82) is 0 Å². The summed E-state index contributed by atoms with van der Waals surface area (Å²) in [5.41, 5.74) is 0. The molecule has 6 nitrogen and oxygen atoms in total. The summed E-state index contributed by atoms with van der Waals surface area (Å²) in [7, 11) is 0. The first kappa shape index (κ1) is 14.8. The summed E-state index contributed by atoms with van der Waals surface area (Å²) in [5, 5.41) is 11.2. The highest BCUT2D eigenvalue weighted by molar-refractivity contribution is 8.00. The predicted octanol–water partition coefficient (Wildman–Crippen LogP) is 0.136. The molecule has 2 N–H and O–H groups in total.